The molecule has 5 N–H and O–H groups in total. The van der Waals surface area contributed by atoms with Crippen molar-refractivity contribution < 1.29 is 30.3 Å². The number of aliphatic hydroxyl groups excluding tert-OH is 1. The molecule has 1 heterocycles. The summed E-state index contributed by atoms with van der Waals surface area (Å²) in [7, 11) is 0. The molecule has 1 saturated heterocycles. The maximum atomic E-state index is 10.4. The minimum absolute atomic E-state index is 0.0578. The van der Waals surface area contributed by atoms with E-state index in [2.05, 4.69) is 0 Å². The van der Waals surface area contributed by atoms with Crippen LogP contribution < -0.4 is 0 Å². The van der Waals surface area contributed by atoms with Gasteiger partial charge in [0, 0.05) is 12.0 Å². The smallest absolute Gasteiger partial charge is 0.248 e. The van der Waals surface area contributed by atoms with Gasteiger partial charge in [-0.25, -0.2) is 0 Å². The van der Waals surface area contributed by atoms with Crippen LogP contribution in [0, 0.1) is 0 Å². The highest BCUT2D eigenvalue weighted by molar-refractivity contribution is 6.32. The van der Waals surface area contributed by atoms with Gasteiger partial charge in [0.15, 0.2) is 0 Å². The van der Waals surface area contributed by atoms with E-state index in [9.17, 15) is 20.4 Å². The van der Waals surface area contributed by atoms with Crippen LogP contribution in [0.2, 0.25) is 5.02 Å². The molecular weight excluding hydrogens is 276 g/mol. The van der Waals surface area contributed by atoms with Gasteiger partial charge < -0.3 is 30.3 Å². The molecule has 19 heavy (non-hydrogen) atoms. The lowest BCUT2D eigenvalue weighted by Crippen LogP contribution is -2.59. The standard InChI is InChI=1S/C12H15ClO6/c13-9-2-1-7(5-10(9)15)12(18)11(16,17)4-3-8(6-14)19-12/h1-2,5,8,14-18H,3-4,6H2/t8-,12-/m1/s1. The van der Waals surface area contributed by atoms with Crippen molar-refractivity contribution in [2.75, 3.05) is 6.61 Å². The molecule has 0 bridgehead atoms. The van der Waals surface area contributed by atoms with Gasteiger partial charge in [-0.05, 0) is 18.6 Å². The van der Waals surface area contributed by atoms with Crippen molar-refractivity contribution >= 4 is 11.6 Å². The Morgan fingerprint density at radius 3 is 2.58 bits per heavy atom. The molecule has 1 aliphatic rings. The molecule has 7 heteroatoms. The summed E-state index contributed by atoms with van der Waals surface area (Å²) < 4.78 is 5.17. The minimum Gasteiger partial charge on any atom is -0.506 e. The highest BCUT2D eigenvalue weighted by atomic mass is 35.5. The molecule has 1 aromatic carbocycles. The Balaban J connectivity index is 2.44. The Labute approximate surface area is 114 Å². The second-order valence-electron chi connectivity index (χ2n) is 4.59. The van der Waals surface area contributed by atoms with Crippen LogP contribution in [-0.2, 0) is 10.5 Å². The molecule has 0 saturated carbocycles. The predicted molar refractivity (Wildman–Crippen MR) is 65.4 cm³/mol. The van der Waals surface area contributed by atoms with E-state index >= 15 is 0 Å². The number of aromatic hydroxyl groups is 1. The summed E-state index contributed by atoms with van der Waals surface area (Å²) in [5.74, 6) is -5.29. The van der Waals surface area contributed by atoms with Crippen molar-refractivity contribution in [1.29, 1.82) is 0 Å². The zero-order valence-electron chi connectivity index (χ0n) is 9.95. The van der Waals surface area contributed by atoms with Gasteiger partial charge in [-0.3, -0.25) is 0 Å². The van der Waals surface area contributed by atoms with E-state index in [1.165, 1.54) is 12.1 Å². The average molecular weight is 291 g/mol. The summed E-state index contributed by atoms with van der Waals surface area (Å²) in [4.78, 5) is 0. The average Bonchev–Trinajstić information content (AvgIpc) is 2.36. The predicted octanol–water partition coefficient (Wildman–Crippen LogP) is 0.0429. The number of halogens is 1. The van der Waals surface area contributed by atoms with E-state index in [0.717, 1.165) is 6.07 Å². The van der Waals surface area contributed by atoms with Crippen molar-refractivity contribution in [3.8, 4) is 5.75 Å². The molecular formula is C12H15ClO6. The Kier molecular flexibility index (Phi) is 3.74. The maximum absolute atomic E-state index is 10.4. The maximum Gasteiger partial charge on any atom is 0.248 e. The van der Waals surface area contributed by atoms with Crippen LogP contribution in [0.4, 0.5) is 0 Å². The molecule has 0 spiro atoms. The summed E-state index contributed by atoms with van der Waals surface area (Å²) in [6, 6.07) is 3.69. The molecule has 2 atom stereocenters. The molecule has 106 valence electrons. The van der Waals surface area contributed by atoms with Gasteiger partial charge >= 0.3 is 0 Å². The number of phenols is 1. The summed E-state index contributed by atoms with van der Waals surface area (Å²) in [5.41, 5.74) is -0.0578. The first-order valence-electron chi connectivity index (χ1n) is 5.75. The number of aliphatic hydroxyl groups is 4. The number of benzene rings is 1. The van der Waals surface area contributed by atoms with E-state index in [-0.39, 0.29) is 35.8 Å². The molecule has 0 aliphatic carbocycles. The van der Waals surface area contributed by atoms with E-state index in [4.69, 9.17) is 21.4 Å². The highest BCUT2D eigenvalue weighted by Crippen LogP contribution is 2.43. The third-order valence-electron chi connectivity index (χ3n) is 3.24. The number of hydrogen-bond acceptors (Lipinski definition) is 6. The van der Waals surface area contributed by atoms with Crippen molar-refractivity contribution in [2.45, 2.75) is 30.5 Å². The van der Waals surface area contributed by atoms with Gasteiger partial charge in [-0.15, -0.1) is 0 Å². The van der Waals surface area contributed by atoms with E-state index < -0.39 is 17.7 Å². The van der Waals surface area contributed by atoms with E-state index in [1.807, 2.05) is 0 Å². The van der Waals surface area contributed by atoms with Crippen molar-refractivity contribution in [1.82, 2.24) is 0 Å². The first-order chi connectivity index (χ1) is 8.80. The quantitative estimate of drug-likeness (QED) is 0.492. The van der Waals surface area contributed by atoms with Crippen molar-refractivity contribution in [3.63, 3.8) is 0 Å². The third kappa shape index (κ3) is 2.43. The van der Waals surface area contributed by atoms with Gasteiger partial charge in [0.25, 0.3) is 0 Å². The normalized spacial score (nSPS) is 30.3. The van der Waals surface area contributed by atoms with Gasteiger partial charge in [0.1, 0.15) is 5.75 Å². The molecule has 6 nitrogen and oxygen atoms in total. The molecule has 2 rings (SSSR count). The zero-order chi connectivity index (χ0) is 14.3. The van der Waals surface area contributed by atoms with Crippen molar-refractivity contribution in [3.05, 3.63) is 28.8 Å². The van der Waals surface area contributed by atoms with Crippen LogP contribution in [0.1, 0.15) is 18.4 Å². The monoisotopic (exact) mass is 290 g/mol. The van der Waals surface area contributed by atoms with Crippen LogP contribution in [0.25, 0.3) is 0 Å². The van der Waals surface area contributed by atoms with Crippen LogP contribution in [0.5, 0.6) is 5.75 Å². The lowest BCUT2D eigenvalue weighted by Gasteiger charge is -2.45. The van der Waals surface area contributed by atoms with Gasteiger partial charge in [-0.1, -0.05) is 17.7 Å². The Hall–Kier alpha value is -0.890. The van der Waals surface area contributed by atoms with E-state index in [0.29, 0.717) is 0 Å². The summed E-state index contributed by atoms with van der Waals surface area (Å²) in [5, 5.41) is 48.9. The molecule has 0 radical (unpaired) electrons. The first kappa shape index (κ1) is 14.5. The molecule has 1 aromatic rings. The Morgan fingerprint density at radius 1 is 1.32 bits per heavy atom. The summed E-state index contributed by atoms with van der Waals surface area (Å²) in [6.45, 7) is -0.363. The second-order valence-corrected chi connectivity index (χ2v) is 5.00. The van der Waals surface area contributed by atoms with Crippen LogP contribution in [0.15, 0.2) is 18.2 Å². The fraction of sp³-hybridized carbons (Fsp3) is 0.500. The molecule has 1 fully saturated rings. The van der Waals surface area contributed by atoms with Crippen molar-refractivity contribution in [2.24, 2.45) is 0 Å². The number of hydrogen-bond donors (Lipinski definition) is 5. The zero-order valence-corrected chi connectivity index (χ0v) is 10.7. The van der Waals surface area contributed by atoms with Gasteiger partial charge in [0.2, 0.25) is 11.6 Å². The van der Waals surface area contributed by atoms with Crippen LogP contribution in [-0.4, -0.2) is 44.0 Å². The SMILES string of the molecule is OC[C@H]1CCC(O)(O)[C@@](O)(c2ccc(Cl)c(O)c2)O1. The van der Waals surface area contributed by atoms with E-state index in [1.54, 1.807) is 0 Å². The second kappa shape index (κ2) is 4.90. The topological polar surface area (TPSA) is 110 Å². The van der Waals surface area contributed by atoms with Crippen LogP contribution >= 0.6 is 11.6 Å². The third-order valence-corrected chi connectivity index (χ3v) is 3.56. The fourth-order valence-electron chi connectivity index (χ4n) is 2.08. The number of phenolic OH excluding ortho intramolecular Hbond substituents is 1. The highest BCUT2D eigenvalue weighted by Gasteiger charge is 2.55. The van der Waals surface area contributed by atoms with Crippen LogP contribution in [0.3, 0.4) is 0 Å². The fourth-order valence-corrected chi connectivity index (χ4v) is 2.19. The summed E-state index contributed by atoms with van der Waals surface area (Å²) in [6.07, 6.45) is -0.723. The van der Waals surface area contributed by atoms with Gasteiger partial charge in [-0.2, -0.15) is 0 Å². The molecule has 0 amide bonds. The Morgan fingerprint density at radius 2 is 2.00 bits per heavy atom. The Bertz CT molecular complexity index is 477. The number of rotatable bonds is 2. The molecule has 0 unspecified atom stereocenters. The van der Waals surface area contributed by atoms with Gasteiger partial charge in [0.05, 0.1) is 17.7 Å². The first-order valence-corrected chi connectivity index (χ1v) is 6.13. The lowest BCUT2D eigenvalue weighted by atomic mass is 9.89. The summed E-state index contributed by atoms with van der Waals surface area (Å²) >= 11 is 5.65. The number of ether oxygens (including phenoxy) is 1. The molecule has 0 aromatic heterocycles. The minimum atomic E-state index is -2.53. The molecule has 1 aliphatic heterocycles. The lowest BCUT2D eigenvalue weighted by molar-refractivity contribution is -0.416. The largest absolute Gasteiger partial charge is 0.506 e.